The Hall–Kier alpha value is -3.82. The van der Waals surface area contributed by atoms with Gasteiger partial charge in [0.1, 0.15) is 12.3 Å². The number of hydrogen-bond acceptors (Lipinski definition) is 7. The summed E-state index contributed by atoms with van der Waals surface area (Å²) in [6.45, 7) is -0.0755. The van der Waals surface area contributed by atoms with Gasteiger partial charge in [0.05, 0.1) is 16.3 Å². The van der Waals surface area contributed by atoms with Crippen LogP contribution in [0.15, 0.2) is 82.6 Å². The zero-order valence-corrected chi connectivity index (χ0v) is 18.3. The Bertz CT molecular complexity index is 1460. The number of nitrogens with zero attached hydrogens (tertiary/aromatic N) is 4. The lowest BCUT2D eigenvalue weighted by molar-refractivity contribution is -0.139. The van der Waals surface area contributed by atoms with E-state index in [0.29, 0.717) is 10.7 Å². The van der Waals surface area contributed by atoms with Crippen LogP contribution in [0, 0.1) is 0 Å². The number of esters is 1. The van der Waals surface area contributed by atoms with Crippen molar-refractivity contribution >= 4 is 39.7 Å². The minimum Gasteiger partial charge on any atom is -0.456 e. The quantitative estimate of drug-likeness (QED) is 0.277. The molecule has 4 heterocycles. The fourth-order valence-electron chi connectivity index (χ4n) is 3.14. The van der Waals surface area contributed by atoms with Gasteiger partial charge < -0.3 is 4.74 Å². The monoisotopic (exact) mass is 460 g/mol. The highest BCUT2D eigenvalue weighted by atomic mass is 32.1. The van der Waals surface area contributed by atoms with Gasteiger partial charge in [0.2, 0.25) is 0 Å². The minimum atomic E-state index is -0.525. The van der Waals surface area contributed by atoms with E-state index in [9.17, 15) is 9.59 Å². The molecule has 4 aromatic heterocycles. The predicted octanol–water partition coefficient (Wildman–Crippen LogP) is 4.43. The lowest BCUT2D eigenvalue weighted by atomic mass is 10.2. The van der Waals surface area contributed by atoms with Crippen LogP contribution in [0.25, 0.3) is 27.3 Å². The number of aromatic nitrogens is 4. The summed E-state index contributed by atoms with van der Waals surface area (Å²) in [4.78, 5) is 30.3. The summed E-state index contributed by atoms with van der Waals surface area (Å²) in [7, 11) is 0. The Kier molecular flexibility index (Phi) is 5.49. The first-order valence-electron chi connectivity index (χ1n) is 9.67. The molecule has 0 saturated heterocycles. The number of carbonyl (C=O) groups excluding carboxylic acids is 1. The predicted molar refractivity (Wildman–Crippen MR) is 125 cm³/mol. The van der Waals surface area contributed by atoms with E-state index in [2.05, 4.69) is 4.98 Å². The molecule has 158 valence electrons. The van der Waals surface area contributed by atoms with Crippen molar-refractivity contribution in [3.8, 4) is 16.3 Å². The Morgan fingerprint density at radius 3 is 2.78 bits per heavy atom. The van der Waals surface area contributed by atoms with E-state index in [4.69, 9.17) is 9.84 Å². The molecule has 0 fully saturated rings. The molecular weight excluding hydrogens is 444 g/mol. The summed E-state index contributed by atoms with van der Waals surface area (Å²) in [5, 5.41) is 8.47. The van der Waals surface area contributed by atoms with Crippen LogP contribution in [0.4, 0.5) is 0 Å². The van der Waals surface area contributed by atoms with Gasteiger partial charge in [0, 0.05) is 35.5 Å². The third-order valence-corrected chi connectivity index (χ3v) is 6.27. The number of fused-ring (bicyclic) bond motifs is 1. The zero-order chi connectivity index (χ0) is 21.9. The van der Waals surface area contributed by atoms with Crippen LogP contribution < -0.4 is 5.56 Å². The molecule has 0 N–H and O–H groups in total. The first kappa shape index (κ1) is 20.1. The van der Waals surface area contributed by atoms with E-state index in [1.54, 1.807) is 33.7 Å². The highest BCUT2D eigenvalue weighted by molar-refractivity contribution is 7.15. The van der Waals surface area contributed by atoms with E-state index < -0.39 is 5.97 Å². The fraction of sp³-hybridized carbons (Fsp3) is 0.0435. The number of ether oxygens (including phenoxy) is 1. The lowest BCUT2D eigenvalue weighted by Gasteiger charge is -2.01. The van der Waals surface area contributed by atoms with Crippen molar-refractivity contribution in [1.29, 1.82) is 0 Å². The molecule has 0 aliphatic rings. The topological polar surface area (TPSA) is 78.5 Å². The minimum absolute atomic E-state index is 0.0755. The number of thiophene rings is 1. The average Bonchev–Trinajstić information content (AvgIpc) is 3.57. The first-order chi connectivity index (χ1) is 15.7. The van der Waals surface area contributed by atoms with Crippen LogP contribution >= 0.6 is 22.7 Å². The van der Waals surface area contributed by atoms with Crippen LogP contribution in [-0.2, 0) is 16.1 Å². The average molecular weight is 461 g/mol. The lowest BCUT2D eigenvalue weighted by Crippen LogP contribution is -2.14. The summed E-state index contributed by atoms with van der Waals surface area (Å²) in [6.07, 6.45) is 6.59. The zero-order valence-electron chi connectivity index (χ0n) is 16.6. The van der Waals surface area contributed by atoms with E-state index in [1.165, 1.54) is 27.9 Å². The largest absolute Gasteiger partial charge is 0.456 e. The third-order valence-electron chi connectivity index (χ3n) is 4.64. The van der Waals surface area contributed by atoms with Gasteiger partial charge in [-0.2, -0.15) is 5.10 Å². The second kappa shape index (κ2) is 8.74. The second-order valence-electron chi connectivity index (χ2n) is 6.77. The van der Waals surface area contributed by atoms with E-state index in [0.717, 1.165) is 21.8 Å². The van der Waals surface area contributed by atoms with Crippen molar-refractivity contribution in [2.24, 2.45) is 0 Å². The Balaban J connectivity index is 1.35. The van der Waals surface area contributed by atoms with Crippen molar-refractivity contribution in [3.63, 3.8) is 0 Å². The molecule has 5 aromatic rings. The van der Waals surface area contributed by atoms with Gasteiger partial charge in [-0.15, -0.1) is 22.7 Å². The highest BCUT2D eigenvalue weighted by Gasteiger charge is 2.12. The molecule has 0 atom stereocenters. The molecule has 0 spiro atoms. The Morgan fingerprint density at radius 1 is 1.09 bits per heavy atom. The van der Waals surface area contributed by atoms with Crippen molar-refractivity contribution in [3.05, 3.63) is 99.4 Å². The molecule has 0 radical (unpaired) electrons. The highest BCUT2D eigenvalue weighted by Crippen LogP contribution is 2.28. The van der Waals surface area contributed by atoms with E-state index in [-0.39, 0.29) is 12.2 Å². The van der Waals surface area contributed by atoms with Crippen LogP contribution in [0.2, 0.25) is 0 Å². The van der Waals surface area contributed by atoms with Crippen molar-refractivity contribution in [1.82, 2.24) is 19.2 Å². The SMILES string of the molecule is O=C(/C=C/c1cn(-c2ccccc2)nc1-c1cccs1)OCc1cc(=O)n2ccsc2n1. The molecule has 5 rings (SSSR count). The number of hydrogen-bond donors (Lipinski definition) is 0. The van der Waals surface area contributed by atoms with Crippen LogP contribution in [-0.4, -0.2) is 25.1 Å². The number of thiazole rings is 1. The van der Waals surface area contributed by atoms with Crippen LogP contribution in [0.5, 0.6) is 0 Å². The number of rotatable bonds is 6. The molecule has 0 amide bonds. The van der Waals surface area contributed by atoms with Crippen molar-refractivity contribution in [2.75, 3.05) is 0 Å². The molecular formula is C23H16N4O3S2. The maximum absolute atomic E-state index is 12.3. The molecule has 7 nitrogen and oxygen atoms in total. The van der Waals surface area contributed by atoms with Gasteiger partial charge in [-0.1, -0.05) is 24.3 Å². The first-order valence-corrected chi connectivity index (χ1v) is 11.4. The normalized spacial score (nSPS) is 11.4. The number of benzene rings is 1. The summed E-state index contributed by atoms with van der Waals surface area (Å²) < 4.78 is 8.53. The van der Waals surface area contributed by atoms with Gasteiger partial charge in [-0.05, 0) is 29.7 Å². The Labute approximate surface area is 190 Å². The maximum Gasteiger partial charge on any atom is 0.331 e. The number of para-hydroxylation sites is 1. The molecule has 0 aliphatic heterocycles. The summed E-state index contributed by atoms with van der Waals surface area (Å²) >= 11 is 2.93. The molecule has 9 heteroatoms. The summed E-state index contributed by atoms with van der Waals surface area (Å²) in [5.41, 5.74) is 2.71. The molecule has 0 unspecified atom stereocenters. The number of carbonyl (C=O) groups is 1. The van der Waals surface area contributed by atoms with E-state index >= 15 is 0 Å². The molecule has 32 heavy (non-hydrogen) atoms. The fourth-order valence-corrected chi connectivity index (χ4v) is 4.61. The standard InChI is InChI=1S/C23H16N4O3S2/c28-20-13-17(24-23-26(20)10-12-32-23)15-30-21(29)9-8-16-14-27(18-5-2-1-3-6-18)25-22(16)19-7-4-11-31-19/h1-14H,15H2/b9-8+. The Morgan fingerprint density at radius 2 is 1.97 bits per heavy atom. The van der Waals surface area contributed by atoms with E-state index in [1.807, 2.05) is 54.0 Å². The van der Waals surface area contributed by atoms with Crippen molar-refractivity contribution in [2.45, 2.75) is 6.61 Å². The second-order valence-corrected chi connectivity index (χ2v) is 8.59. The third kappa shape index (κ3) is 4.16. The smallest absolute Gasteiger partial charge is 0.331 e. The molecule has 0 bridgehead atoms. The van der Waals surface area contributed by atoms with Crippen LogP contribution in [0.3, 0.4) is 0 Å². The van der Waals surface area contributed by atoms with Crippen molar-refractivity contribution < 1.29 is 9.53 Å². The molecule has 0 saturated carbocycles. The molecule has 0 aliphatic carbocycles. The van der Waals surface area contributed by atoms with Gasteiger partial charge in [-0.3, -0.25) is 9.20 Å². The van der Waals surface area contributed by atoms with Gasteiger partial charge >= 0.3 is 5.97 Å². The van der Waals surface area contributed by atoms with Gasteiger partial charge in [0.15, 0.2) is 4.96 Å². The maximum atomic E-state index is 12.3. The summed E-state index contributed by atoms with van der Waals surface area (Å²) in [6, 6.07) is 15.1. The molecule has 1 aromatic carbocycles. The van der Waals surface area contributed by atoms with Gasteiger partial charge in [0.25, 0.3) is 5.56 Å². The summed E-state index contributed by atoms with van der Waals surface area (Å²) in [5.74, 6) is -0.525. The van der Waals surface area contributed by atoms with Crippen LogP contribution in [0.1, 0.15) is 11.3 Å². The van der Waals surface area contributed by atoms with Gasteiger partial charge in [-0.25, -0.2) is 14.5 Å².